The summed E-state index contributed by atoms with van der Waals surface area (Å²) in [5.74, 6) is 1.75. The lowest BCUT2D eigenvalue weighted by molar-refractivity contribution is 0.834. The van der Waals surface area contributed by atoms with Crippen molar-refractivity contribution in [2.75, 3.05) is 10.6 Å². The highest BCUT2D eigenvalue weighted by atomic mass is 15.1. The third-order valence-electron chi connectivity index (χ3n) is 3.73. The Bertz CT molecular complexity index is 768. The van der Waals surface area contributed by atoms with Gasteiger partial charge in [-0.2, -0.15) is 0 Å². The summed E-state index contributed by atoms with van der Waals surface area (Å²) in [5.41, 5.74) is 5.34. The first-order valence-electron chi connectivity index (χ1n) is 8.66. The zero-order valence-electron chi connectivity index (χ0n) is 16.0. The van der Waals surface area contributed by atoms with Crippen molar-refractivity contribution in [3.63, 3.8) is 0 Å². The highest BCUT2D eigenvalue weighted by Crippen LogP contribution is 2.25. The van der Waals surface area contributed by atoms with Crippen LogP contribution in [-0.2, 0) is 0 Å². The van der Waals surface area contributed by atoms with Gasteiger partial charge < -0.3 is 10.6 Å². The number of rotatable bonds is 4. The molecule has 0 amide bonds. The summed E-state index contributed by atoms with van der Waals surface area (Å²) < 4.78 is 0. The standard InChI is InChI=1S/C21H28N4/c1-14(2)22-17(5)23-19-12-7-8-13-20(19)24-18(6)25-21-15(3)10-9-11-16(21)4/h7-14H,1-6H3,(H,22,23)(H,24,25). The van der Waals surface area contributed by atoms with Crippen LogP contribution in [0.3, 0.4) is 0 Å². The molecule has 0 aliphatic heterocycles. The SMILES string of the molecule is CC(=Nc1c(C)cccc1C)Nc1ccccc1NC(C)=NC(C)C. The van der Waals surface area contributed by atoms with E-state index >= 15 is 0 Å². The highest BCUT2D eigenvalue weighted by Gasteiger charge is 2.05. The summed E-state index contributed by atoms with van der Waals surface area (Å²) in [6, 6.07) is 14.6. The monoisotopic (exact) mass is 336 g/mol. The second-order valence-electron chi connectivity index (χ2n) is 6.54. The summed E-state index contributed by atoms with van der Waals surface area (Å²) >= 11 is 0. The van der Waals surface area contributed by atoms with Gasteiger partial charge in [0.05, 0.1) is 22.9 Å². The molecule has 0 bridgehead atoms. The first-order chi connectivity index (χ1) is 11.9. The van der Waals surface area contributed by atoms with E-state index in [0.29, 0.717) is 0 Å². The van der Waals surface area contributed by atoms with Gasteiger partial charge in [-0.05, 0) is 64.8 Å². The van der Waals surface area contributed by atoms with Gasteiger partial charge in [-0.25, -0.2) is 4.99 Å². The molecule has 4 heteroatoms. The first-order valence-corrected chi connectivity index (χ1v) is 8.66. The Hall–Kier alpha value is -2.62. The number of para-hydroxylation sites is 3. The molecule has 0 aliphatic rings. The Morgan fingerprint density at radius 2 is 1.32 bits per heavy atom. The van der Waals surface area contributed by atoms with Crippen LogP contribution in [0.15, 0.2) is 52.4 Å². The minimum atomic E-state index is 0.264. The van der Waals surface area contributed by atoms with Crippen LogP contribution >= 0.6 is 0 Å². The molecule has 0 spiro atoms. The third kappa shape index (κ3) is 5.45. The number of nitrogens with zero attached hydrogens (tertiary/aromatic N) is 2. The van der Waals surface area contributed by atoms with Gasteiger partial charge in [0.2, 0.25) is 0 Å². The predicted octanol–water partition coefficient (Wildman–Crippen LogP) is 5.70. The number of aryl methyl sites for hydroxylation is 2. The second-order valence-corrected chi connectivity index (χ2v) is 6.54. The molecular formula is C21H28N4. The quantitative estimate of drug-likeness (QED) is 0.555. The molecule has 0 saturated carbocycles. The average Bonchev–Trinajstić information content (AvgIpc) is 2.52. The molecule has 0 unspecified atom stereocenters. The van der Waals surface area contributed by atoms with Gasteiger partial charge in [-0.15, -0.1) is 0 Å². The Kier molecular flexibility index (Phi) is 6.34. The van der Waals surface area contributed by atoms with E-state index in [0.717, 1.165) is 28.7 Å². The van der Waals surface area contributed by atoms with Gasteiger partial charge in [0.25, 0.3) is 0 Å². The van der Waals surface area contributed by atoms with Crippen molar-refractivity contribution in [1.82, 2.24) is 0 Å². The van der Waals surface area contributed by atoms with E-state index in [1.807, 2.05) is 38.1 Å². The molecule has 2 aromatic carbocycles. The predicted molar refractivity (Wildman–Crippen MR) is 111 cm³/mol. The van der Waals surface area contributed by atoms with Gasteiger partial charge in [0.15, 0.2) is 0 Å². The molecular weight excluding hydrogens is 308 g/mol. The average molecular weight is 336 g/mol. The van der Waals surface area contributed by atoms with E-state index in [2.05, 4.69) is 61.5 Å². The summed E-state index contributed by atoms with van der Waals surface area (Å²) in [4.78, 5) is 9.30. The molecule has 2 aromatic rings. The Labute approximate surface area is 151 Å². The molecule has 2 rings (SSSR count). The molecule has 0 radical (unpaired) electrons. The summed E-state index contributed by atoms with van der Waals surface area (Å²) in [6.45, 7) is 12.3. The molecule has 0 aliphatic carbocycles. The number of aliphatic imine (C=N–C) groups is 2. The highest BCUT2D eigenvalue weighted by molar-refractivity contribution is 6.02. The fourth-order valence-corrected chi connectivity index (χ4v) is 2.69. The lowest BCUT2D eigenvalue weighted by Crippen LogP contribution is -2.14. The van der Waals surface area contributed by atoms with E-state index in [-0.39, 0.29) is 6.04 Å². The van der Waals surface area contributed by atoms with Crippen molar-refractivity contribution in [3.05, 3.63) is 53.6 Å². The van der Waals surface area contributed by atoms with Crippen LogP contribution in [0.25, 0.3) is 0 Å². The zero-order chi connectivity index (χ0) is 18.4. The molecule has 4 nitrogen and oxygen atoms in total. The van der Waals surface area contributed by atoms with Crippen LogP contribution in [0.5, 0.6) is 0 Å². The molecule has 0 saturated heterocycles. The summed E-state index contributed by atoms with van der Waals surface area (Å²) in [7, 11) is 0. The van der Waals surface area contributed by atoms with Crippen molar-refractivity contribution in [1.29, 1.82) is 0 Å². The largest absolute Gasteiger partial charge is 0.343 e. The van der Waals surface area contributed by atoms with Crippen LogP contribution in [0.4, 0.5) is 17.1 Å². The van der Waals surface area contributed by atoms with Crippen LogP contribution in [-0.4, -0.2) is 17.7 Å². The number of hydrogen-bond donors (Lipinski definition) is 2. The zero-order valence-corrected chi connectivity index (χ0v) is 16.0. The molecule has 0 atom stereocenters. The minimum absolute atomic E-state index is 0.264. The lowest BCUT2D eigenvalue weighted by Gasteiger charge is -2.14. The van der Waals surface area contributed by atoms with Crippen molar-refractivity contribution in [2.24, 2.45) is 9.98 Å². The Morgan fingerprint density at radius 3 is 1.84 bits per heavy atom. The fraction of sp³-hybridized carbons (Fsp3) is 0.333. The van der Waals surface area contributed by atoms with Crippen LogP contribution in [0, 0.1) is 13.8 Å². The van der Waals surface area contributed by atoms with Gasteiger partial charge in [-0.1, -0.05) is 30.3 Å². The third-order valence-corrected chi connectivity index (χ3v) is 3.73. The number of hydrogen-bond acceptors (Lipinski definition) is 2. The lowest BCUT2D eigenvalue weighted by atomic mass is 10.1. The van der Waals surface area contributed by atoms with Crippen molar-refractivity contribution in [3.8, 4) is 0 Å². The molecule has 132 valence electrons. The minimum Gasteiger partial charge on any atom is -0.343 e. The topological polar surface area (TPSA) is 48.8 Å². The van der Waals surface area contributed by atoms with Gasteiger partial charge >= 0.3 is 0 Å². The van der Waals surface area contributed by atoms with Gasteiger partial charge in [0.1, 0.15) is 5.84 Å². The first kappa shape index (κ1) is 18.7. The van der Waals surface area contributed by atoms with Crippen molar-refractivity contribution < 1.29 is 0 Å². The van der Waals surface area contributed by atoms with E-state index in [9.17, 15) is 0 Å². The smallest absolute Gasteiger partial charge is 0.104 e. The maximum absolute atomic E-state index is 4.77. The van der Waals surface area contributed by atoms with Crippen molar-refractivity contribution in [2.45, 2.75) is 47.6 Å². The number of benzene rings is 2. The molecule has 2 N–H and O–H groups in total. The normalized spacial score (nSPS) is 12.4. The van der Waals surface area contributed by atoms with E-state index in [1.165, 1.54) is 11.1 Å². The fourth-order valence-electron chi connectivity index (χ4n) is 2.69. The van der Waals surface area contributed by atoms with Gasteiger partial charge in [-0.3, -0.25) is 4.99 Å². The number of amidine groups is 2. The van der Waals surface area contributed by atoms with Crippen molar-refractivity contribution >= 4 is 28.7 Å². The second kappa shape index (κ2) is 8.47. The molecule has 25 heavy (non-hydrogen) atoms. The maximum atomic E-state index is 4.77. The molecule has 0 heterocycles. The van der Waals surface area contributed by atoms with Crippen LogP contribution in [0.1, 0.15) is 38.8 Å². The molecule has 0 aromatic heterocycles. The van der Waals surface area contributed by atoms with E-state index < -0.39 is 0 Å². The number of anilines is 2. The summed E-state index contributed by atoms with van der Waals surface area (Å²) in [6.07, 6.45) is 0. The molecule has 0 fully saturated rings. The van der Waals surface area contributed by atoms with E-state index in [1.54, 1.807) is 0 Å². The van der Waals surface area contributed by atoms with Crippen LogP contribution in [0.2, 0.25) is 0 Å². The van der Waals surface area contributed by atoms with Crippen LogP contribution < -0.4 is 10.6 Å². The Balaban J connectivity index is 2.24. The summed E-state index contributed by atoms with van der Waals surface area (Å²) in [5, 5.41) is 6.77. The number of nitrogens with one attached hydrogen (secondary N) is 2. The van der Waals surface area contributed by atoms with E-state index in [4.69, 9.17) is 4.99 Å². The van der Waals surface area contributed by atoms with Gasteiger partial charge in [0, 0.05) is 6.04 Å². The Morgan fingerprint density at radius 1 is 0.800 bits per heavy atom. The maximum Gasteiger partial charge on any atom is 0.104 e.